The van der Waals surface area contributed by atoms with E-state index in [2.05, 4.69) is 97.1 Å². The first-order valence-electron chi connectivity index (χ1n) is 20.1. The maximum Gasteiger partial charge on any atom is 2.00 e. The molecule has 6 aliphatic rings. The molecule has 15 heteroatoms. The van der Waals surface area contributed by atoms with Gasteiger partial charge in [0, 0.05) is 21.8 Å². The predicted octanol–water partition coefficient (Wildman–Crippen LogP) is 12.2. The van der Waals surface area contributed by atoms with Gasteiger partial charge in [0.15, 0.2) is 0 Å². The number of hydrogen-bond donors (Lipinski definition) is 0. The molecule has 2 nitrogen and oxygen atoms in total. The summed E-state index contributed by atoms with van der Waals surface area (Å²) in [4.78, 5) is 0. The molecule has 4 aromatic carbocycles. The van der Waals surface area contributed by atoms with E-state index in [1.165, 1.54) is 101 Å². The molecule has 320 valence electrons. The van der Waals surface area contributed by atoms with Crippen LogP contribution in [0.4, 0.5) is 34.5 Å². The molecule has 0 spiro atoms. The van der Waals surface area contributed by atoms with E-state index in [1.807, 2.05) is 5.30 Å². The number of hydrogen-bond acceptors (Lipinski definition) is 2. The number of nitriles is 2. The molecule has 0 unspecified atom stereocenters. The van der Waals surface area contributed by atoms with Crippen LogP contribution in [0.25, 0.3) is 0 Å². The fraction of sp³-hybridized carbons (Fsp3) is 0.409. The van der Waals surface area contributed by atoms with Crippen LogP contribution in [0.15, 0.2) is 97.1 Å². The van der Waals surface area contributed by atoms with Crippen molar-refractivity contribution in [3.8, 4) is 12.1 Å². The monoisotopic (exact) mass is 952 g/mol. The quantitative estimate of drug-likeness (QED) is 0.110. The zero-order valence-electron chi connectivity index (χ0n) is 33.7. The minimum atomic E-state index is -6.00. The molecule has 0 radical (unpaired) electrons. The summed E-state index contributed by atoms with van der Waals surface area (Å²) < 4.78 is 78.0. The van der Waals surface area contributed by atoms with Gasteiger partial charge in [0.2, 0.25) is 0 Å². The fourth-order valence-electron chi connectivity index (χ4n) is 8.34. The SMILES string of the molecule is CC#N.CC#N.F[B-](F)(F)F.F[B-](F)(F)F.[Pd+2].c1ccc([PH+](c2ccccc2)c2cc3ccc2CCc2ccc(cc2[PH+](C2CCCCC2)C2CCCCC2)CC3)cc1. The minimum Gasteiger partial charge on any atom is -0.418 e. The number of benzene rings is 4. The molecule has 0 saturated heterocycles. The van der Waals surface area contributed by atoms with Crippen LogP contribution in [-0.4, -0.2) is 25.8 Å². The summed E-state index contributed by atoms with van der Waals surface area (Å²) in [6.07, 6.45) is 19.5. The average Bonchev–Trinajstić information content (AvgIpc) is 3.18. The number of rotatable bonds is 6. The summed E-state index contributed by atoms with van der Waals surface area (Å²) in [6.45, 7) is 2.86. The molecule has 2 saturated carbocycles. The van der Waals surface area contributed by atoms with E-state index in [0.717, 1.165) is 30.6 Å². The number of nitrogens with zero attached hydrogens (tertiary/aromatic N) is 2. The van der Waals surface area contributed by atoms with Crippen molar-refractivity contribution in [3.05, 3.63) is 119 Å². The summed E-state index contributed by atoms with van der Waals surface area (Å²) in [5.74, 6) is 0. The summed E-state index contributed by atoms with van der Waals surface area (Å²) in [5.41, 5.74) is 8.37. The number of halogens is 8. The van der Waals surface area contributed by atoms with E-state index in [4.69, 9.17) is 10.5 Å². The second-order valence-corrected chi connectivity index (χ2v) is 20.2. The smallest absolute Gasteiger partial charge is 0.418 e. The van der Waals surface area contributed by atoms with E-state index < -0.39 is 30.4 Å². The van der Waals surface area contributed by atoms with Gasteiger partial charge >= 0.3 is 34.9 Å². The van der Waals surface area contributed by atoms with Crippen molar-refractivity contribution in [2.45, 2.75) is 115 Å². The standard InChI is InChI=1S/C40H46P2.2C2H3N.2BF4.Pd/c1-5-13-35(14-6-1)41(36-15-7-2-8-16-36)39-29-31-21-22-32-24-26-34(28-27-33(39)25-23-31)40(30-32)42(37-17-9-3-10-18-37)38-19-11-4-12-20-38;2*1-2-3;2*2-1(3,4)5;/h1-2,5-8,13-16,23-26,29-30,37-38H,3-4,9-12,17-22,27-28H2;2*1H3;;;/q;;;2*-1;+2/p+2. The van der Waals surface area contributed by atoms with Gasteiger partial charge in [0.25, 0.3) is 0 Å². The van der Waals surface area contributed by atoms with E-state index >= 15 is 0 Å². The van der Waals surface area contributed by atoms with Gasteiger partial charge in [-0.25, -0.2) is 0 Å². The van der Waals surface area contributed by atoms with Crippen molar-refractivity contribution in [1.29, 1.82) is 10.5 Å². The zero-order chi connectivity index (χ0) is 42.6. The molecular formula is C44H54B2F8N2P2Pd+2. The van der Waals surface area contributed by atoms with Gasteiger partial charge in [0.05, 0.1) is 36.7 Å². The van der Waals surface area contributed by atoms with Crippen LogP contribution in [0.2, 0.25) is 0 Å². The Morgan fingerprint density at radius 2 is 0.814 bits per heavy atom. The molecule has 0 aliphatic heterocycles. The van der Waals surface area contributed by atoms with Crippen LogP contribution in [0.3, 0.4) is 0 Å². The second-order valence-electron chi connectivity index (χ2n) is 14.7. The topological polar surface area (TPSA) is 47.6 Å². The Bertz CT molecular complexity index is 1790. The third-order valence-electron chi connectivity index (χ3n) is 10.5. The van der Waals surface area contributed by atoms with Crippen LogP contribution in [0.5, 0.6) is 0 Å². The van der Waals surface area contributed by atoms with Crippen molar-refractivity contribution >= 4 is 51.6 Å². The largest absolute Gasteiger partial charge is 2.00 e. The molecule has 10 rings (SSSR count). The summed E-state index contributed by atoms with van der Waals surface area (Å²) in [6, 6.07) is 41.7. The van der Waals surface area contributed by atoms with E-state index in [9.17, 15) is 34.5 Å². The van der Waals surface area contributed by atoms with Gasteiger partial charge in [-0.05, 0) is 136 Å². The summed E-state index contributed by atoms with van der Waals surface area (Å²) in [5, 5.41) is 21.1. The fourth-order valence-corrected chi connectivity index (χ4v) is 15.7. The third kappa shape index (κ3) is 19.5. The molecular weight excluding hydrogens is 898 g/mol. The van der Waals surface area contributed by atoms with Crippen LogP contribution in [-0.2, 0) is 46.1 Å². The van der Waals surface area contributed by atoms with E-state index in [1.54, 1.807) is 34.1 Å². The average molecular weight is 953 g/mol. The molecule has 2 fully saturated rings. The zero-order valence-corrected chi connectivity index (χ0v) is 37.2. The van der Waals surface area contributed by atoms with Crippen molar-refractivity contribution in [2.75, 3.05) is 0 Å². The molecule has 0 heterocycles. The first-order chi connectivity index (χ1) is 27.7. The third-order valence-corrected chi connectivity index (χ3v) is 17.3. The number of aryl methyl sites for hydroxylation is 4. The van der Waals surface area contributed by atoms with Gasteiger partial charge in [-0.15, -0.1) is 0 Å². The molecule has 0 N–H and O–H groups in total. The van der Waals surface area contributed by atoms with Gasteiger partial charge in [-0.3, -0.25) is 0 Å². The second kappa shape index (κ2) is 27.0. The summed E-state index contributed by atoms with van der Waals surface area (Å²) >= 11 is 0. The van der Waals surface area contributed by atoms with Crippen LogP contribution < -0.4 is 21.2 Å². The van der Waals surface area contributed by atoms with Crippen LogP contribution >= 0.6 is 15.8 Å². The summed E-state index contributed by atoms with van der Waals surface area (Å²) in [7, 11) is -13.7. The Labute approximate surface area is 362 Å². The van der Waals surface area contributed by atoms with Crippen LogP contribution in [0.1, 0.15) is 100 Å². The predicted molar refractivity (Wildman–Crippen MR) is 232 cm³/mol. The Morgan fingerprint density at radius 1 is 0.492 bits per heavy atom. The van der Waals surface area contributed by atoms with Crippen molar-refractivity contribution < 1.29 is 54.9 Å². The first kappa shape index (κ1) is 52.1. The Hall–Kier alpha value is -3.05. The van der Waals surface area contributed by atoms with E-state index in [0.29, 0.717) is 0 Å². The minimum absolute atomic E-state index is 0. The molecule has 0 atom stereocenters. The van der Waals surface area contributed by atoms with Gasteiger partial charge in [-0.1, -0.05) is 73.5 Å². The molecule has 0 amide bonds. The maximum atomic E-state index is 9.75. The first-order valence-corrected chi connectivity index (χ1v) is 23.3. The molecule has 0 aromatic heterocycles. The van der Waals surface area contributed by atoms with Crippen molar-refractivity contribution in [2.24, 2.45) is 0 Å². The van der Waals surface area contributed by atoms with Gasteiger partial charge < -0.3 is 34.5 Å². The molecule has 4 bridgehead atoms. The van der Waals surface area contributed by atoms with Gasteiger partial charge in [-0.2, -0.15) is 10.5 Å². The van der Waals surface area contributed by atoms with Crippen molar-refractivity contribution in [3.63, 3.8) is 0 Å². The Morgan fingerprint density at radius 3 is 1.17 bits per heavy atom. The maximum absolute atomic E-state index is 9.75. The van der Waals surface area contributed by atoms with Crippen molar-refractivity contribution in [1.82, 2.24) is 0 Å². The Kier molecular flexibility index (Phi) is 23.8. The van der Waals surface area contributed by atoms with Crippen LogP contribution in [0, 0.1) is 22.7 Å². The normalized spacial score (nSPS) is 15.4. The van der Waals surface area contributed by atoms with E-state index in [-0.39, 0.29) is 20.4 Å². The molecule has 59 heavy (non-hydrogen) atoms. The molecule has 6 aliphatic carbocycles. The molecule has 4 aromatic rings. The Balaban J connectivity index is 0.000000609. The van der Waals surface area contributed by atoms with Gasteiger partial charge in [0.1, 0.15) is 15.9 Å².